The van der Waals surface area contributed by atoms with Crippen LogP contribution in [0, 0.1) is 0 Å². The van der Waals surface area contributed by atoms with E-state index in [-0.39, 0.29) is 5.75 Å². The van der Waals surface area contributed by atoms with Gasteiger partial charge in [-0.25, -0.2) is 9.97 Å². The van der Waals surface area contributed by atoms with Crippen LogP contribution in [-0.2, 0) is 0 Å². The van der Waals surface area contributed by atoms with E-state index in [4.69, 9.17) is 17.3 Å². The molecule has 4 rings (SSSR count). The van der Waals surface area contributed by atoms with Gasteiger partial charge in [-0.2, -0.15) is 0 Å². The fourth-order valence-electron chi connectivity index (χ4n) is 2.82. The smallest absolute Gasteiger partial charge is 0.134 e. The predicted molar refractivity (Wildman–Crippen MR) is 99.3 cm³/mol. The molecule has 0 atom stereocenters. The Morgan fingerprint density at radius 1 is 0.920 bits per heavy atom. The van der Waals surface area contributed by atoms with Crippen molar-refractivity contribution in [2.75, 3.05) is 5.73 Å². The maximum absolute atomic E-state index is 9.85. The highest BCUT2D eigenvalue weighted by molar-refractivity contribution is 6.31. The SMILES string of the molecule is Nc1ncnc2ccc(-c3cccnc3-c3cc(O)cc(Cl)c3)cc12. The third-order valence-electron chi connectivity index (χ3n) is 3.94. The van der Waals surface area contributed by atoms with Crippen LogP contribution >= 0.6 is 11.6 Å². The van der Waals surface area contributed by atoms with Gasteiger partial charge in [0.05, 0.1) is 11.2 Å². The first-order valence-electron chi connectivity index (χ1n) is 7.57. The summed E-state index contributed by atoms with van der Waals surface area (Å²) in [7, 11) is 0. The number of halogens is 1. The van der Waals surface area contributed by atoms with Crippen LogP contribution in [0.15, 0.2) is 61.1 Å². The van der Waals surface area contributed by atoms with Gasteiger partial charge >= 0.3 is 0 Å². The third-order valence-corrected chi connectivity index (χ3v) is 4.16. The average Bonchev–Trinajstić information content (AvgIpc) is 2.61. The number of hydrogen-bond donors (Lipinski definition) is 2. The highest BCUT2D eigenvalue weighted by Crippen LogP contribution is 2.35. The molecule has 2 heterocycles. The summed E-state index contributed by atoms with van der Waals surface area (Å²) in [5.74, 6) is 0.521. The highest BCUT2D eigenvalue weighted by Gasteiger charge is 2.12. The van der Waals surface area contributed by atoms with E-state index in [0.29, 0.717) is 10.8 Å². The number of aromatic nitrogens is 3. The largest absolute Gasteiger partial charge is 0.508 e. The maximum atomic E-state index is 9.85. The average molecular weight is 349 g/mol. The van der Waals surface area contributed by atoms with E-state index in [1.807, 2.05) is 30.3 Å². The second kappa shape index (κ2) is 6.03. The molecule has 122 valence electrons. The zero-order valence-electron chi connectivity index (χ0n) is 13.0. The Bertz CT molecular complexity index is 1080. The van der Waals surface area contributed by atoms with E-state index in [2.05, 4.69) is 15.0 Å². The van der Waals surface area contributed by atoms with Gasteiger partial charge in [0.25, 0.3) is 0 Å². The van der Waals surface area contributed by atoms with E-state index < -0.39 is 0 Å². The predicted octanol–water partition coefficient (Wildman–Crippen LogP) is 4.30. The number of phenolic OH excluding ortho intramolecular Hbond substituents is 1. The summed E-state index contributed by atoms with van der Waals surface area (Å²) in [6, 6.07) is 14.5. The molecular formula is C19H13ClN4O. The highest BCUT2D eigenvalue weighted by atomic mass is 35.5. The molecule has 0 amide bonds. The fraction of sp³-hybridized carbons (Fsp3) is 0. The maximum Gasteiger partial charge on any atom is 0.134 e. The number of anilines is 1. The van der Waals surface area contributed by atoms with Crippen LogP contribution in [0.5, 0.6) is 5.75 Å². The second-order valence-electron chi connectivity index (χ2n) is 5.59. The molecule has 0 saturated carbocycles. The number of fused-ring (bicyclic) bond motifs is 1. The molecule has 0 spiro atoms. The molecule has 0 bridgehead atoms. The molecule has 2 aromatic heterocycles. The molecule has 3 N–H and O–H groups in total. The summed E-state index contributed by atoms with van der Waals surface area (Å²) in [6.07, 6.45) is 3.15. The zero-order valence-corrected chi connectivity index (χ0v) is 13.8. The van der Waals surface area contributed by atoms with E-state index >= 15 is 0 Å². The van der Waals surface area contributed by atoms with Crippen molar-refractivity contribution < 1.29 is 5.11 Å². The summed E-state index contributed by atoms with van der Waals surface area (Å²) in [6.45, 7) is 0. The zero-order chi connectivity index (χ0) is 17.4. The lowest BCUT2D eigenvalue weighted by Crippen LogP contribution is -1.94. The molecule has 5 nitrogen and oxygen atoms in total. The standard InChI is InChI=1S/C19H13ClN4O/c20-13-6-12(7-14(25)9-13)18-15(2-1-5-22-18)11-3-4-17-16(8-11)19(21)24-10-23-17/h1-10,25H,(H2,21,23,24). The Morgan fingerprint density at radius 2 is 1.80 bits per heavy atom. The van der Waals surface area contributed by atoms with Gasteiger partial charge in [0.15, 0.2) is 0 Å². The molecule has 25 heavy (non-hydrogen) atoms. The minimum absolute atomic E-state index is 0.0928. The van der Waals surface area contributed by atoms with Crippen molar-refractivity contribution in [3.05, 3.63) is 66.1 Å². The quantitative estimate of drug-likeness (QED) is 0.564. The summed E-state index contributed by atoms with van der Waals surface area (Å²) < 4.78 is 0. The Kier molecular flexibility index (Phi) is 3.71. The van der Waals surface area contributed by atoms with E-state index in [9.17, 15) is 5.11 Å². The Balaban J connectivity index is 1.94. The van der Waals surface area contributed by atoms with Gasteiger partial charge in [-0.05, 0) is 42.0 Å². The van der Waals surface area contributed by atoms with Gasteiger partial charge in [-0.15, -0.1) is 0 Å². The number of nitrogen functional groups attached to an aromatic ring is 1. The number of rotatable bonds is 2. The van der Waals surface area contributed by atoms with Crippen molar-refractivity contribution in [3.8, 4) is 28.1 Å². The molecule has 4 aromatic rings. The molecule has 0 unspecified atom stereocenters. The van der Waals surface area contributed by atoms with Crippen molar-refractivity contribution in [2.24, 2.45) is 0 Å². The fourth-order valence-corrected chi connectivity index (χ4v) is 3.05. The monoisotopic (exact) mass is 348 g/mol. The van der Waals surface area contributed by atoms with Crippen LogP contribution in [0.1, 0.15) is 0 Å². The lowest BCUT2D eigenvalue weighted by atomic mass is 9.98. The van der Waals surface area contributed by atoms with Crippen LogP contribution in [0.4, 0.5) is 5.82 Å². The summed E-state index contributed by atoms with van der Waals surface area (Å²) in [5, 5.41) is 11.1. The molecule has 0 aliphatic carbocycles. The minimum Gasteiger partial charge on any atom is -0.508 e. The van der Waals surface area contributed by atoms with Crippen LogP contribution in [-0.4, -0.2) is 20.1 Å². The van der Waals surface area contributed by atoms with Gasteiger partial charge in [0, 0.05) is 27.7 Å². The lowest BCUT2D eigenvalue weighted by Gasteiger charge is -2.11. The number of phenols is 1. The normalized spacial score (nSPS) is 10.9. The molecule has 0 saturated heterocycles. The first-order chi connectivity index (χ1) is 12.1. The summed E-state index contributed by atoms with van der Waals surface area (Å²) >= 11 is 6.08. The van der Waals surface area contributed by atoms with Crippen LogP contribution in [0.2, 0.25) is 5.02 Å². The molecule has 2 aromatic carbocycles. The van der Waals surface area contributed by atoms with Gasteiger partial charge < -0.3 is 10.8 Å². The van der Waals surface area contributed by atoms with Gasteiger partial charge in [0.1, 0.15) is 17.9 Å². The number of aromatic hydroxyl groups is 1. The van der Waals surface area contributed by atoms with Crippen LogP contribution in [0.3, 0.4) is 0 Å². The van der Waals surface area contributed by atoms with Crippen molar-refractivity contribution in [1.29, 1.82) is 0 Å². The Hall–Kier alpha value is -3.18. The van der Waals surface area contributed by atoms with E-state index in [1.165, 1.54) is 12.4 Å². The number of nitrogens with zero attached hydrogens (tertiary/aromatic N) is 3. The molecular weight excluding hydrogens is 336 g/mol. The first kappa shape index (κ1) is 15.4. The van der Waals surface area contributed by atoms with Crippen molar-refractivity contribution in [1.82, 2.24) is 15.0 Å². The minimum atomic E-state index is 0.0928. The lowest BCUT2D eigenvalue weighted by molar-refractivity contribution is 0.475. The molecule has 0 fully saturated rings. The van der Waals surface area contributed by atoms with Crippen molar-refractivity contribution in [3.63, 3.8) is 0 Å². The summed E-state index contributed by atoms with van der Waals surface area (Å²) in [4.78, 5) is 12.7. The number of benzene rings is 2. The number of hydrogen-bond acceptors (Lipinski definition) is 5. The van der Waals surface area contributed by atoms with Crippen molar-refractivity contribution in [2.45, 2.75) is 0 Å². The Labute approximate surface area is 148 Å². The molecule has 0 radical (unpaired) electrons. The number of nitrogens with two attached hydrogens (primary N) is 1. The van der Waals surface area contributed by atoms with E-state index in [1.54, 1.807) is 18.3 Å². The van der Waals surface area contributed by atoms with Crippen LogP contribution < -0.4 is 5.73 Å². The third kappa shape index (κ3) is 2.86. The van der Waals surface area contributed by atoms with Crippen LogP contribution in [0.25, 0.3) is 33.3 Å². The van der Waals surface area contributed by atoms with Gasteiger partial charge in [-0.3, -0.25) is 4.98 Å². The van der Waals surface area contributed by atoms with Gasteiger partial charge in [-0.1, -0.05) is 23.7 Å². The molecule has 0 aliphatic heterocycles. The van der Waals surface area contributed by atoms with Crippen molar-refractivity contribution >= 4 is 28.3 Å². The topological polar surface area (TPSA) is 84.9 Å². The molecule has 0 aliphatic rings. The number of pyridine rings is 1. The summed E-state index contributed by atoms with van der Waals surface area (Å²) in [5.41, 5.74) is 10.0. The van der Waals surface area contributed by atoms with E-state index in [0.717, 1.165) is 33.3 Å². The molecule has 6 heteroatoms. The Morgan fingerprint density at radius 3 is 2.64 bits per heavy atom. The van der Waals surface area contributed by atoms with Gasteiger partial charge in [0.2, 0.25) is 0 Å². The second-order valence-corrected chi connectivity index (χ2v) is 6.02. The first-order valence-corrected chi connectivity index (χ1v) is 7.95.